The molecule has 27 heavy (non-hydrogen) atoms. The van der Waals surface area contributed by atoms with E-state index in [1.54, 1.807) is 37.5 Å². The van der Waals surface area contributed by atoms with Gasteiger partial charge in [-0.25, -0.2) is 0 Å². The van der Waals surface area contributed by atoms with Crippen molar-refractivity contribution in [3.63, 3.8) is 0 Å². The van der Waals surface area contributed by atoms with Crippen LogP contribution < -0.4 is 9.47 Å². The molecule has 1 aliphatic heterocycles. The van der Waals surface area contributed by atoms with Crippen LogP contribution >= 0.6 is 39.3 Å². The zero-order valence-corrected chi connectivity index (χ0v) is 17.7. The van der Waals surface area contributed by atoms with Gasteiger partial charge >= 0.3 is 0 Å². The molecule has 140 valence electrons. The molecule has 2 aromatic carbocycles. The van der Waals surface area contributed by atoms with Crippen LogP contribution in [0.4, 0.5) is 4.79 Å². The maximum atomic E-state index is 12.1. The lowest BCUT2D eigenvalue weighted by Gasteiger charge is -2.13. The quantitative estimate of drug-likeness (QED) is 0.553. The fraction of sp³-hybridized carbons (Fsp3) is 0.158. The molecule has 1 heterocycles. The molecule has 0 N–H and O–H groups in total. The first kappa shape index (κ1) is 19.8. The fourth-order valence-electron chi connectivity index (χ4n) is 2.36. The van der Waals surface area contributed by atoms with Gasteiger partial charge in [-0.1, -0.05) is 39.7 Å². The predicted octanol–water partition coefficient (Wildman–Crippen LogP) is 5.36. The van der Waals surface area contributed by atoms with Gasteiger partial charge in [0.05, 0.1) is 12.0 Å². The van der Waals surface area contributed by atoms with Crippen molar-refractivity contribution < 1.29 is 19.1 Å². The van der Waals surface area contributed by atoms with Crippen LogP contribution in [-0.4, -0.2) is 30.2 Å². The molecule has 0 spiro atoms. The van der Waals surface area contributed by atoms with Crippen molar-refractivity contribution in [2.24, 2.45) is 0 Å². The smallest absolute Gasteiger partial charge is 0.293 e. The Balaban J connectivity index is 1.84. The fourth-order valence-corrected chi connectivity index (χ4v) is 3.74. The number of carbonyl (C=O) groups excluding carboxylic acids is 2. The Morgan fingerprint density at radius 1 is 1.19 bits per heavy atom. The van der Waals surface area contributed by atoms with Crippen LogP contribution in [0, 0.1) is 0 Å². The van der Waals surface area contributed by atoms with E-state index in [1.807, 2.05) is 12.1 Å². The van der Waals surface area contributed by atoms with Crippen molar-refractivity contribution in [2.45, 2.75) is 6.61 Å². The number of amides is 2. The van der Waals surface area contributed by atoms with E-state index in [0.29, 0.717) is 33.6 Å². The average molecular weight is 469 g/mol. The van der Waals surface area contributed by atoms with Gasteiger partial charge in [-0.15, -0.1) is 0 Å². The average Bonchev–Trinajstić information content (AvgIpc) is 2.89. The summed E-state index contributed by atoms with van der Waals surface area (Å²) < 4.78 is 12.0. The van der Waals surface area contributed by atoms with Crippen LogP contribution in [0.3, 0.4) is 0 Å². The topological polar surface area (TPSA) is 55.8 Å². The number of ether oxygens (including phenoxy) is 2. The molecular weight excluding hydrogens is 454 g/mol. The highest BCUT2D eigenvalue weighted by atomic mass is 79.9. The molecule has 1 aliphatic rings. The number of hydrogen-bond donors (Lipinski definition) is 0. The summed E-state index contributed by atoms with van der Waals surface area (Å²) in [4.78, 5) is 25.2. The molecule has 0 unspecified atom stereocenters. The van der Waals surface area contributed by atoms with E-state index in [4.69, 9.17) is 21.1 Å². The number of benzene rings is 2. The number of nitrogens with zero attached hydrogens (tertiary/aromatic N) is 1. The number of halogens is 2. The van der Waals surface area contributed by atoms with Gasteiger partial charge in [-0.2, -0.15) is 0 Å². The molecule has 0 aromatic heterocycles. The maximum absolute atomic E-state index is 12.1. The number of imide groups is 1. The first-order valence-electron chi connectivity index (χ1n) is 7.85. The van der Waals surface area contributed by atoms with Crippen LogP contribution in [0.25, 0.3) is 6.08 Å². The van der Waals surface area contributed by atoms with E-state index in [1.165, 1.54) is 7.05 Å². The van der Waals surface area contributed by atoms with Gasteiger partial charge in [0, 0.05) is 16.5 Å². The highest BCUT2D eigenvalue weighted by Gasteiger charge is 2.32. The minimum atomic E-state index is -0.320. The third-order valence-electron chi connectivity index (χ3n) is 3.86. The molecule has 0 radical (unpaired) electrons. The third kappa shape index (κ3) is 4.48. The molecule has 5 nitrogen and oxygen atoms in total. The summed E-state index contributed by atoms with van der Waals surface area (Å²) in [5, 5.41) is 0.372. The Morgan fingerprint density at radius 2 is 1.89 bits per heavy atom. The van der Waals surface area contributed by atoms with E-state index in [2.05, 4.69) is 15.9 Å². The second-order valence-electron chi connectivity index (χ2n) is 5.68. The van der Waals surface area contributed by atoms with Crippen LogP contribution in [0.2, 0.25) is 5.02 Å². The SMILES string of the molecule is COc1cc(/C=C2\SC(=O)N(C)C2=O)c(Br)cc1OCc1ccc(Cl)cc1. The summed E-state index contributed by atoms with van der Waals surface area (Å²) in [6.07, 6.45) is 1.66. The van der Waals surface area contributed by atoms with Gasteiger partial charge in [0.25, 0.3) is 11.1 Å². The Morgan fingerprint density at radius 3 is 2.48 bits per heavy atom. The summed E-state index contributed by atoms with van der Waals surface area (Å²) >= 11 is 10.3. The van der Waals surface area contributed by atoms with E-state index in [-0.39, 0.29) is 11.1 Å². The van der Waals surface area contributed by atoms with Crippen molar-refractivity contribution in [3.8, 4) is 11.5 Å². The summed E-state index contributed by atoms with van der Waals surface area (Å²) in [6, 6.07) is 10.9. The van der Waals surface area contributed by atoms with Crippen molar-refractivity contribution in [3.05, 3.63) is 61.9 Å². The zero-order chi connectivity index (χ0) is 19.6. The molecule has 2 aromatic rings. The molecule has 0 aliphatic carbocycles. The molecule has 8 heteroatoms. The highest BCUT2D eigenvalue weighted by Crippen LogP contribution is 2.38. The number of rotatable bonds is 5. The number of methoxy groups -OCH3 is 1. The van der Waals surface area contributed by atoms with Gasteiger partial charge in [0.1, 0.15) is 6.61 Å². The zero-order valence-electron chi connectivity index (χ0n) is 14.5. The maximum Gasteiger partial charge on any atom is 0.293 e. The summed E-state index contributed by atoms with van der Waals surface area (Å²) in [5.41, 5.74) is 1.68. The van der Waals surface area contributed by atoms with Crippen molar-refractivity contribution in [1.29, 1.82) is 0 Å². The Hall–Kier alpha value is -1.96. The van der Waals surface area contributed by atoms with Gasteiger partial charge in [0.2, 0.25) is 0 Å². The Kier molecular flexibility index (Phi) is 6.14. The molecule has 1 saturated heterocycles. The Labute approximate surface area is 174 Å². The second-order valence-corrected chi connectivity index (χ2v) is 7.96. The molecule has 0 atom stereocenters. The third-order valence-corrected chi connectivity index (χ3v) is 5.76. The minimum Gasteiger partial charge on any atom is -0.493 e. The molecular formula is C19H15BrClNO4S. The van der Waals surface area contributed by atoms with Gasteiger partial charge in [-0.3, -0.25) is 14.5 Å². The largest absolute Gasteiger partial charge is 0.493 e. The van der Waals surface area contributed by atoms with Crippen LogP contribution in [0.15, 0.2) is 45.8 Å². The number of thioether (sulfide) groups is 1. The standard InChI is InChI=1S/C19H15BrClNO4S/c1-22-18(23)17(27-19(22)24)8-12-7-15(25-2)16(9-14(12)20)26-10-11-3-5-13(21)6-4-11/h3-9H,10H2,1-2H3/b17-8-. The van der Waals surface area contributed by atoms with E-state index >= 15 is 0 Å². The number of likely N-dealkylation sites (N-methyl/N-ethyl adjacent to an activating group) is 1. The summed E-state index contributed by atoms with van der Waals surface area (Å²) in [7, 11) is 3.00. The molecule has 0 bridgehead atoms. The van der Waals surface area contributed by atoms with Gasteiger partial charge in [0.15, 0.2) is 11.5 Å². The van der Waals surface area contributed by atoms with Crippen LogP contribution in [-0.2, 0) is 11.4 Å². The first-order valence-corrected chi connectivity index (χ1v) is 9.84. The van der Waals surface area contributed by atoms with Crippen molar-refractivity contribution in [1.82, 2.24) is 4.90 Å². The minimum absolute atomic E-state index is 0.294. The molecule has 3 rings (SSSR count). The predicted molar refractivity (Wildman–Crippen MR) is 110 cm³/mol. The Bertz CT molecular complexity index is 930. The summed E-state index contributed by atoms with van der Waals surface area (Å²) in [6.45, 7) is 0.355. The van der Waals surface area contributed by atoms with Gasteiger partial charge in [-0.05, 0) is 53.2 Å². The number of hydrogen-bond acceptors (Lipinski definition) is 5. The monoisotopic (exact) mass is 467 g/mol. The van der Waals surface area contributed by atoms with E-state index < -0.39 is 0 Å². The van der Waals surface area contributed by atoms with Gasteiger partial charge < -0.3 is 9.47 Å². The number of carbonyl (C=O) groups is 2. The molecule has 0 saturated carbocycles. The molecule has 2 amide bonds. The normalized spacial score (nSPS) is 15.6. The van der Waals surface area contributed by atoms with Crippen molar-refractivity contribution >= 4 is 56.5 Å². The van der Waals surface area contributed by atoms with Crippen molar-refractivity contribution in [2.75, 3.05) is 14.2 Å². The molecule has 1 fully saturated rings. The second kappa shape index (κ2) is 8.37. The lowest BCUT2D eigenvalue weighted by molar-refractivity contribution is -0.121. The van der Waals surface area contributed by atoms with Crippen LogP contribution in [0.5, 0.6) is 11.5 Å². The van der Waals surface area contributed by atoms with E-state index in [9.17, 15) is 9.59 Å². The lowest BCUT2D eigenvalue weighted by atomic mass is 10.1. The first-order chi connectivity index (χ1) is 12.9. The highest BCUT2D eigenvalue weighted by molar-refractivity contribution is 9.10. The van der Waals surface area contributed by atoms with Crippen LogP contribution in [0.1, 0.15) is 11.1 Å². The summed E-state index contributed by atoms with van der Waals surface area (Å²) in [5.74, 6) is 0.758. The van der Waals surface area contributed by atoms with E-state index in [0.717, 1.165) is 26.7 Å². The lowest BCUT2D eigenvalue weighted by Crippen LogP contribution is -2.22.